The van der Waals surface area contributed by atoms with Crippen molar-refractivity contribution in [2.24, 2.45) is 11.8 Å². The highest BCUT2D eigenvalue weighted by Crippen LogP contribution is 2.14. The number of carbonyl (C=O) groups excluding carboxylic acids is 2. The first-order valence-electron chi connectivity index (χ1n) is 13.5. The zero-order chi connectivity index (χ0) is 24.6. The molecule has 0 bridgehead atoms. The Morgan fingerprint density at radius 1 is 0.545 bits per heavy atom. The molecule has 2 N–H and O–H groups in total. The van der Waals surface area contributed by atoms with Gasteiger partial charge in [0.05, 0.1) is 13.2 Å². The number of hydrogen-bond acceptors (Lipinski definition) is 6. The summed E-state index contributed by atoms with van der Waals surface area (Å²) in [4.78, 5) is 23.7. The molecular weight excluding hydrogens is 420 g/mol. The van der Waals surface area contributed by atoms with E-state index >= 15 is 0 Å². The van der Waals surface area contributed by atoms with Crippen molar-refractivity contribution in [1.29, 1.82) is 0 Å². The highest BCUT2D eigenvalue weighted by Gasteiger charge is 2.09. The fourth-order valence-electron chi connectivity index (χ4n) is 3.77. The Morgan fingerprint density at radius 2 is 0.879 bits per heavy atom. The fourth-order valence-corrected chi connectivity index (χ4v) is 3.77. The van der Waals surface area contributed by atoms with Gasteiger partial charge in [0.25, 0.3) is 0 Å². The topological polar surface area (TPSA) is 93.1 Å². The van der Waals surface area contributed by atoms with Gasteiger partial charge in [-0.1, -0.05) is 71.6 Å². The Hall–Kier alpha value is -1.14. The van der Waals surface area contributed by atoms with Crippen LogP contribution in [0.1, 0.15) is 123 Å². The van der Waals surface area contributed by atoms with Crippen LogP contribution in [0.3, 0.4) is 0 Å². The van der Waals surface area contributed by atoms with Gasteiger partial charge in [-0.2, -0.15) is 0 Å². The molecule has 196 valence electrons. The van der Waals surface area contributed by atoms with E-state index in [-0.39, 0.29) is 25.2 Å². The summed E-state index contributed by atoms with van der Waals surface area (Å²) >= 11 is 0. The van der Waals surface area contributed by atoms with Crippen LogP contribution in [0.2, 0.25) is 0 Å². The van der Waals surface area contributed by atoms with Crippen molar-refractivity contribution in [2.45, 2.75) is 123 Å². The Bertz CT molecular complexity index is 414. The van der Waals surface area contributed by atoms with Gasteiger partial charge >= 0.3 is 11.9 Å². The van der Waals surface area contributed by atoms with E-state index in [1.807, 2.05) is 0 Å². The van der Waals surface area contributed by atoms with Crippen LogP contribution < -0.4 is 0 Å². The van der Waals surface area contributed by atoms with Crippen LogP contribution in [0.4, 0.5) is 0 Å². The molecule has 0 saturated carbocycles. The third-order valence-electron chi connectivity index (χ3n) is 6.03. The quantitative estimate of drug-likeness (QED) is 0.133. The molecule has 2 unspecified atom stereocenters. The number of esters is 2. The second kappa shape index (κ2) is 24.0. The van der Waals surface area contributed by atoms with Crippen LogP contribution in [0.15, 0.2) is 0 Å². The summed E-state index contributed by atoms with van der Waals surface area (Å²) in [6.45, 7) is 5.78. The van der Waals surface area contributed by atoms with Crippen molar-refractivity contribution in [3.05, 3.63) is 0 Å². The molecule has 0 amide bonds. The summed E-state index contributed by atoms with van der Waals surface area (Å²) in [6, 6.07) is 0. The van der Waals surface area contributed by atoms with Gasteiger partial charge < -0.3 is 19.7 Å². The van der Waals surface area contributed by atoms with Crippen molar-refractivity contribution < 1.29 is 29.3 Å². The molecule has 0 aliphatic carbocycles. The standard InChI is InChI=1S/C27H52O6/c1-24(16-10-6-8-14-20-28)22-32-26(30)18-12-4-3-5-13-19-27(31)33-23-25(2)17-11-7-9-15-21-29/h24-25,28-29H,3-23H2,1-2H3. The number of aliphatic hydroxyl groups excluding tert-OH is 2. The molecule has 0 fully saturated rings. The van der Waals surface area contributed by atoms with Crippen molar-refractivity contribution in [3.8, 4) is 0 Å². The smallest absolute Gasteiger partial charge is 0.305 e. The van der Waals surface area contributed by atoms with Crippen molar-refractivity contribution in [1.82, 2.24) is 0 Å². The van der Waals surface area contributed by atoms with Gasteiger partial charge in [0.1, 0.15) is 0 Å². The van der Waals surface area contributed by atoms with Crippen molar-refractivity contribution in [3.63, 3.8) is 0 Å². The number of carbonyl (C=O) groups is 2. The van der Waals surface area contributed by atoms with Crippen LogP contribution in [-0.2, 0) is 19.1 Å². The summed E-state index contributed by atoms with van der Waals surface area (Å²) in [5, 5.41) is 17.5. The molecule has 0 heterocycles. The lowest BCUT2D eigenvalue weighted by Gasteiger charge is -2.12. The lowest BCUT2D eigenvalue weighted by atomic mass is 10.0. The average Bonchev–Trinajstić information content (AvgIpc) is 2.80. The normalized spacial score (nSPS) is 13.0. The molecule has 0 aliphatic heterocycles. The molecule has 0 saturated heterocycles. The van der Waals surface area contributed by atoms with Gasteiger partial charge in [-0.05, 0) is 50.4 Å². The Balaban J connectivity index is 3.47. The van der Waals surface area contributed by atoms with Gasteiger partial charge in [-0.3, -0.25) is 9.59 Å². The van der Waals surface area contributed by atoms with Crippen LogP contribution in [0, 0.1) is 11.8 Å². The van der Waals surface area contributed by atoms with Gasteiger partial charge in [0.15, 0.2) is 0 Å². The first-order chi connectivity index (χ1) is 16.0. The maximum atomic E-state index is 11.9. The second-order valence-electron chi connectivity index (χ2n) is 9.70. The van der Waals surface area contributed by atoms with Crippen LogP contribution in [-0.4, -0.2) is 48.6 Å². The molecule has 2 atom stereocenters. The Labute approximate surface area is 202 Å². The lowest BCUT2D eigenvalue weighted by molar-refractivity contribution is -0.145. The summed E-state index contributed by atoms with van der Waals surface area (Å²) in [7, 11) is 0. The SMILES string of the molecule is CC(CCCCCCO)COC(=O)CCCCCCCC(=O)OCC(C)CCCCCCO. The third-order valence-corrected chi connectivity index (χ3v) is 6.03. The third kappa shape index (κ3) is 23.8. The molecule has 0 rings (SSSR count). The van der Waals surface area contributed by atoms with E-state index in [2.05, 4.69) is 13.8 Å². The molecule has 0 aliphatic rings. The predicted octanol–water partition coefficient (Wildman–Crippen LogP) is 5.96. The minimum atomic E-state index is -0.103. The molecule has 0 spiro atoms. The first kappa shape index (κ1) is 31.9. The summed E-state index contributed by atoms with van der Waals surface area (Å²) in [5.74, 6) is 0.576. The van der Waals surface area contributed by atoms with Gasteiger partial charge in [0.2, 0.25) is 0 Å². The maximum Gasteiger partial charge on any atom is 0.305 e. The average molecular weight is 473 g/mol. The van der Waals surface area contributed by atoms with E-state index in [9.17, 15) is 9.59 Å². The molecule has 0 aromatic rings. The van der Waals surface area contributed by atoms with Crippen LogP contribution >= 0.6 is 0 Å². The van der Waals surface area contributed by atoms with E-state index in [1.165, 1.54) is 0 Å². The van der Waals surface area contributed by atoms with Crippen molar-refractivity contribution >= 4 is 11.9 Å². The van der Waals surface area contributed by atoms with Gasteiger partial charge in [-0.15, -0.1) is 0 Å². The lowest BCUT2D eigenvalue weighted by Crippen LogP contribution is -2.12. The van der Waals surface area contributed by atoms with Crippen molar-refractivity contribution in [2.75, 3.05) is 26.4 Å². The summed E-state index contributed by atoms with van der Waals surface area (Å²) in [6.07, 6.45) is 16.1. The number of unbranched alkanes of at least 4 members (excludes halogenated alkanes) is 10. The minimum absolute atomic E-state index is 0.103. The number of ether oxygens (including phenoxy) is 2. The van der Waals surface area contributed by atoms with Gasteiger partial charge in [0, 0.05) is 26.1 Å². The zero-order valence-corrected chi connectivity index (χ0v) is 21.5. The fraction of sp³-hybridized carbons (Fsp3) is 0.926. The highest BCUT2D eigenvalue weighted by atomic mass is 16.5. The van der Waals surface area contributed by atoms with E-state index in [0.29, 0.717) is 37.9 Å². The number of aliphatic hydroxyl groups is 2. The van der Waals surface area contributed by atoms with Gasteiger partial charge in [-0.25, -0.2) is 0 Å². The van der Waals surface area contributed by atoms with E-state index < -0.39 is 0 Å². The molecule has 6 nitrogen and oxygen atoms in total. The zero-order valence-electron chi connectivity index (χ0n) is 21.5. The van der Waals surface area contributed by atoms with E-state index in [1.54, 1.807) is 0 Å². The van der Waals surface area contributed by atoms with E-state index in [0.717, 1.165) is 96.3 Å². The largest absolute Gasteiger partial charge is 0.465 e. The minimum Gasteiger partial charge on any atom is -0.465 e. The van der Waals surface area contributed by atoms with E-state index in [4.69, 9.17) is 19.7 Å². The second-order valence-corrected chi connectivity index (χ2v) is 9.70. The molecule has 6 heteroatoms. The molecule has 0 aromatic carbocycles. The summed E-state index contributed by atoms with van der Waals surface area (Å²) in [5.41, 5.74) is 0. The predicted molar refractivity (Wildman–Crippen MR) is 133 cm³/mol. The Kier molecular flexibility index (Phi) is 23.2. The monoisotopic (exact) mass is 472 g/mol. The molecule has 0 radical (unpaired) electrons. The van der Waals surface area contributed by atoms with Crippen LogP contribution in [0.25, 0.3) is 0 Å². The summed E-state index contributed by atoms with van der Waals surface area (Å²) < 4.78 is 10.8. The Morgan fingerprint density at radius 3 is 1.27 bits per heavy atom. The number of hydrogen-bond donors (Lipinski definition) is 2. The number of rotatable bonds is 24. The highest BCUT2D eigenvalue weighted by molar-refractivity contribution is 5.69. The van der Waals surface area contributed by atoms with Crippen LogP contribution in [0.5, 0.6) is 0 Å². The molecule has 33 heavy (non-hydrogen) atoms. The maximum absolute atomic E-state index is 11.9. The molecular formula is C27H52O6. The molecule has 0 aromatic heterocycles. The first-order valence-corrected chi connectivity index (χ1v) is 13.5.